The van der Waals surface area contributed by atoms with Gasteiger partial charge in [0.1, 0.15) is 12.7 Å². The van der Waals surface area contributed by atoms with Crippen LogP contribution < -0.4 is 11.3 Å². The molecule has 0 saturated heterocycles. The van der Waals surface area contributed by atoms with Crippen molar-refractivity contribution in [1.82, 2.24) is 19.5 Å². The molecule has 1 aliphatic rings. The van der Waals surface area contributed by atoms with Gasteiger partial charge in [0, 0.05) is 5.69 Å². The van der Waals surface area contributed by atoms with Crippen LogP contribution in [-0.2, 0) is 12.8 Å². The number of nitrogens with two attached hydrogens (primary N) is 1. The van der Waals surface area contributed by atoms with Crippen molar-refractivity contribution >= 4 is 11.5 Å². The first-order valence-electron chi connectivity index (χ1n) is 6.24. The maximum Gasteiger partial charge on any atom is 0.355 e. The van der Waals surface area contributed by atoms with Crippen molar-refractivity contribution in [2.75, 3.05) is 5.43 Å². The van der Waals surface area contributed by atoms with Gasteiger partial charge in [0.2, 0.25) is 11.6 Å². The Balaban J connectivity index is 2.20. The number of aryl methyl sites for hydroxylation is 1. The second kappa shape index (κ2) is 4.85. The first-order chi connectivity index (χ1) is 9.72. The topological polar surface area (TPSA) is 125 Å². The smallest absolute Gasteiger partial charge is 0.303 e. The minimum Gasteiger partial charge on any atom is -0.303 e. The van der Waals surface area contributed by atoms with E-state index < -0.39 is 4.92 Å². The van der Waals surface area contributed by atoms with Crippen LogP contribution in [0.3, 0.4) is 0 Å². The summed E-state index contributed by atoms with van der Waals surface area (Å²) < 4.78 is 1.66. The molecule has 0 saturated carbocycles. The summed E-state index contributed by atoms with van der Waals surface area (Å²) in [6.45, 7) is 0. The van der Waals surface area contributed by atoms with Crippen LogP contribution in [0.1, 0.15) is 24.2 Å². The first kappa shape index (κ1) is 12.5. The van der Waals surface area contributed by atoms with Crippen molar-refractivity contribution < 1.29 is 4.92 Å². The predicted molar refractivity (Wildman–Crippen MR) is 70.3 cm³/mol. The number of fused-ring (bicyclic) bond motifs is 1. The van der Waals surface area contributed by atoms with E-state index in [4.69, 9.17) is 5.84 Å². The second-order valence-electron chi connectivity index (χ2n) is 4.51. The molecule has 2 aromatic rings. The Kier molecular flexibility index (Phi) is 3.03. The molecule has 0 radical (unpaired) electrons. The highest BCUT2D eigenvalue weighted by Gasteiger charge is 2.27. The summed E-state index contributed by atoms with van der Waals surface area (Å²) in [6.07, 6.45) is 6.68. The van der Waals surface area contributed by atoms with Gasteiger partial charge in [0.05, 0.1) is 10.6 Å². The van der Waals surface area contributed by atoms with Crippen LogP contribution in [0.5, 0.6) is 0 Å². The molecule has 104 valence electrons. The summed E-state index contributed by atoms with van der Waals surface area (Å²) in [6, 6.07) is 0. The van der Waals surface area contributed by atoms with Crippen LogP contribution in [-0.4, -0.2) is 24.4 Å². The van der Waals surface area contributed by atoms with Crippen molar-refractivity contribution in [1.29, 1.82) is 0 Å². The second-order valence-corrected chi connectivity index (χ2v) is 4.51. The molecule has 0 aliphatic heterocycles. The molecule has 3 N–H and O–H groups in total. The third kappa shape index (κ3) is 1.88. The molecule has 9 heteroatoms. The van der Waals surface area contributed by atoms with Crippen molar-refractivity contribution in [3.05, 3.63) is 34.2 Å². The van der Waals surface area contributed by atoms with E-state index in [1.54, 1.807) is 10.9 Å². The number of nitrogen functional groups attached to an aromatic ring is 1. The van der Waals surface area contributed by atoms with Gasteiger partial charge in [-0.3, -0.25) is 14.7 Å². The van der Waals surface area contributed by atoms with Gasteiger partial charge in [-0.25, -0.2) is 20.8 Å². The minimum absolute atomic E-state index is 0.0155. The molecular formula is C11H13N7O2. The summed E-state index contributed by atoms with van der Waals surface area (Å²) in [7, 11) is 0. The standard InChI is InChI=1S/C11H13N7O2/c12-16-10-9(18(19)20)11(14-5-13-10)17-6-15-7-3-1-2-4-8(7)17/h5-6H,1-4,12H2,(H,13,14,16). The number of rotatable bonds is 3. The zero-order valence-corrected chi connectivity index (χ0v) is 10.6. The largest absolute Gasteiger partial charge is 0.355 e. The Bertz CT molecular complexity index is 667. The van der Waals surface area contributed by atoms with Crippen molar-refractivity contribution in [3.63, 3.8) is 0 Å². The molecular weight excluding hydrogens is 262 g/mol. The van der Waals surface area contributed by atoms with Crippen LogP contribution in [0.25, 0.3) is 5.82 Å². The number of anilines is 1. The number of nitrogens with one attached hydrogen (secondary N) is 1. The fraction of sp³-hybridized carbons (Fsp3) is 0.364. The van der Waals surface area contributed by atoms with Crippen LogP contribution in [0, 0.1) is 10.1 Å². The van der Waals surface area contributed by atoms with Gasteiger partial charge >= 0.3 is 5.69 Å². The Morgan fingerprint density at radius 3 is 2.85 bits per heavy atom. The first-order valence-corrected chi connectivity index (χ1v) is 6.24. The average molecular weight is 275 g/mol. The highest BCUT2D eigenvalue weighted by Crippen LogP contribution is 2.30. The van der Waals surface area contributed by atoms with Gasteiger partial charge < -0.3 is 5.43 Å². The number of nitro groups is 1. The van der Waals surface area contributed by atoms with E-state index in [1.807, 2.05) is 0 Å². The maximum atomic E-state index is 11.3. The number of aromatic nitrogens is 4. The summed E-state index contributed by atoms with van der Waals surface area (Å²) in [5.74, 6) is 5.45. The van der Waals surface area contributed by atoms with Crippen LogP contribution >= 0.6 is 0 Å². The monoisotopic (exact) mass is 275 g/mol. The summed E-state index contributed by atoms with van der Waals surface area (Å²) in [4.78, 5) is 22.8. The molecule has 0 spiro atoms. The molecule has 0 bridgehead atoms. The Morgan fingerprint density at radius 2 is 2.10 bits per heavy atom. The van der Waals surface area contributed by atoms with Gasteiger partial charge in [-0.05, 0) is 25.7 Å². The number of imidazole rings is 1. The summed E-state index contributed by atoms with van der Waals surface area (Å²) >= 11 is 0. The number of nitrogens with zero attached hydrogens (tertiary/aromatic N) is 5. The Hall–Kier alpha value is -2.55. The SMILES string of the molecule is NNc1ncnc(-n2cnc3c2CCCC3)c1[N+](=O)[O-]. The molecule has 2 heterocycles. The zero-order chi connectivity index (χ0) is 14.1. The zero-order valence-electron chi connectivity index (χ0n) is 10.6. The van der Waals surface area contributed by atoms with Crippen molar-refractivity contribution in [2.45, 2.75) is 25.7 Å². The van der Waals surface area contributed by atoms with E-state index >= 15 is 0 Å². The lowest BCUT2D eigenvalue weighted by Gasteiger charge is -2.13. The van der Waals surface area contributed by atoms with Gasteiger partial charge in [-0.2, -0.15) is 0 Å². The molecule has 0 fully saturated rings. The third-order valence-corrected chi connectivity index (χ3v) is 3.38. The van der Waals surface area contributed by atoms with Gasteiger partial charge in [0.25, 0.3) is 0 Å². The van der Waals surface area contributed by atoms with Crippen LogP contribution in [0.15, 0.2) is 12.7 Å². The molecule has 0 atom stereocenters. The van der Waals surface area contributed by atoms with E-state index in [1.165, 1.54) is 6.33 Å². The maximum absolute atomic E-state index is 11.3. The highest BCUT2D eigenvalue weighted by atomic mass is 16.6. The Labute approximate surface area is 114 Å². The fourth-order valence-corrected chi connectivity index (χ4v) is 2.47. The number of hydrogen-bond acceptors (Lipinski definition) is 7. The Morgan fingerprint density at radius 1 is 1.30 bits per heavy atom. The lowest BCUT2D eigenvalue weighted by Crippen LogP contribution is -2.15. The fourth-order valence-electron chi connectivity index (χ4n) is 2.47. The highest BCUT2D eigenvalue weighted by molar-refractivity contribution is 5.63. The van der Waals surface area contributed by atoms with Crippen molar-refractivity contribution in [2.24, 2.45) is 5.84 Å². The van der Waals surface area contributed by atoms with Crippen molar-refractivity contribution in [3.8, 4) is 5.82 Å². The molecule has 3 rings (SSSR count). The quantitative estimate of drug-likeness (QED) is 0.480. The molecule has 1 aliphatic carbocycles. The van der Waals surface area contributed by atoms with Crippen LogP contribution in [0.4, 0.5) is 11.5 Å². The van der Waals surface area contributed by atoms with Gasteiger partial charge in [-0.1, -0.05) is 0 Å². The normalized spacial score (nSPS) is 13.8. The summed E-state index contributed by atoms with van der Waals surface area (Å²) in [5, 5.41) is 11.3. The number of hydrazine groups is 1. The predicted octanol–water partition coefficient (Wildman–Crippen LogP) is 0.735. The van der Waals surface area contributed by atoms with Gasteiger partial charge in [-0.15, -0.1) is 0 Å². The number of hydrogen-bond donors (Lipinski definition) is 2. The van der Waals surface area contributed by atoms with Crippen LogP contribution in [0.2, 0.25) is 0 Å². The molecule has 20 heavy (non-hydrogen) atoms. The van der Waals surface area contributed by atoms with E-state index in [0.29, 0.717) is 0 Å². The molecule has 0 aromatic carbocycles. The lowest BCUT2D eigenvalue weighted by atomic mass is 10.0. The van der Waals surface area contributed by atoms with E-state index in [-0.39, 0.29) is 17.3 Å². The van der Waals surface area contributed by atoms with E-state index in [9.17, 15) is 10.1 Å². The molecule has 0 unspecified atom stereocenters. The third-order valence-electron chi connectivity index (χ3n) is 3.38. The van der Waals surface area contributed by atoms with E-state index in [2.05, 4.69) is 20.4 Å². The minimum atomic E-state index is -0.542. The molecule has 2 aromatic heterocycles. The summed E-state index contributed by atoms with van der Waals surface area (Å²) in [5.41, 5.74) is 3.93. The van der Waals surface area contributed by atoms with E-state index in [0.717, 1.165) is 37.1 Å². The average Bonchev–Trinajstić information content (AvgIpc) is 2.90. The molecule has 9 nitrogen and oxygen atoms in total. The van der Waals surface area contributed by atoms with Gasteiger partial charge in [0.15, 0.2) is 0 Å². The lowest BCUT2D eigenvalue weighted by molar-refractivity contribution is -0.384. The molecule has 0 amide bonds.